The van der Waals surface area contributed by atoms with E-state index in [0.717, 1.165) is 19.3 Å². The number of carbonyl (C=O) groups is 2. The van der Waals surface area contributed by atoms with E-state index in [1.165, 1.54) is 13.3 Å². The largest absolute Gasteiger partial charge is 0.383 e. The highest BCUT2D eigenvalue weighted by Crippen LogP contribution is 2.23. The third-order valence-electron chi connectivity index (χ3n) is 3.44. The van der Waals surface area contributed by atoms with Gasteiger partial charge >= 0.3 is 0 Å². The number of rotatable bonds is 4. The molecule has 18 heavy (non-hydrogen) atoms. The molecule has 1 aliphatic carbocycles. The quantitative estimate of drug-likeness (QED) is 0.471. The van der Waals surface area contributed by atoms with Crippen molar-refractivity contribution in [1.82, 2.24) is 10.2 Å². The van der Waals surface area contributed by atoms with Crippen molar-refractivity contribution in [2.45, 2.75) is 45.6 Å². The normalized spacial score (nSPS) is 24.6. The van der Waals surface area contributed by atoms with Gasteiger partial charge < -0.3 is 10.2 Å². The molecule has 0 saturated heterocycles. The van der Waals surface area contributed by atoms with Crippen molar-refractivity contribution in [3.05, 3.63) is 11.8 Å². The highest BCUT2D eigenvalue weighted by Gasteiger charge is 2.25. The second-order valence-electron chi connectivity index (χ2n) is 5.40. The molecule has 1 N–H and O–H groups in total. The molecule has 0 radical (unpaired) electrons. The van der Waals surface area contributed by atoms with Crippen molar-refractivity contribution in [2.24, 2.45) is 5.92 Å². The fourth-order valence-corrected chi connectivity index (χ4v) is 2.34. The van der Waals surface area contributed by atoms with E-state index in [1.807, 2.05) is 0 Å². The highest BCUT2D eigenvalue weighted by molar-refractivity contribution is 6.18. The smallest absolute Gasteiger partial charge is 0.256 e. The Labute approximate surface area is 109 Å². The molecule has 0 heterocycles. The molecule has 2 atom stereocenters. The van der Waals surface area contributed by atoms with Gasteiger partial charge in [-0.3, -0.25) is 9.59 Å². The molecule has 0 aromatic heterocycles. The SMILES string of the molecule is CC(=O)/C(=C\N(C)C)C(=O)NC1CCCCC1C. The number of Topliss-reactive ketones (excluding diaryl/α,β-unsaturated/α-hetero) is 1. The monoisotopic (exact) mass is 252 g/mol. The van der Waals surface area contributed by atoms with E-state index >= 15 is 0 Å². The van der Waals surface area contributed by atoms with Crippen LogP contribution in [0.3, 0.4) is 0 Å². The van der Waals surface area contributed by atoms with E-state index in [9.17, 15) is 9.59 Å². The lowest BCUT2D eigenvalue weighted by Gasteiger charge is -2.29. The van der Waals surface area contributed by atoms with E-state index in [4.69, 9.17) is 0 Å². The Morgan fingerprint density at radius 3 is 2.33 bits per heavy atom. The van der Waals surface area contributed by atoms with Gasteiger partial charge in [0.1, 0.15) is 0 Å². The standard InChI is InChI=1S/C14H24N2O2/c1-10-7-5-6-8-13(10)15-14(18)12(11(2)17)9-16(3)4/h9-10,13H,5-8H2,1-4H3,(H,15,18)/b12-9+. The predicted octanol–water partition coefficient (Wildman–Crippen LogP) is 1.72. The number of hydrogen-bond donors (Lipinski definition) is 1. The lowest BCUT2D eigenvalue weighted by atomic mass is 9.86. The van der Waals surface area contributed by atoms with Crippen LogP contribution in [-0.2, 0) is 9.59 Å². The van der Waals surface area contributed by atoms with Gasteiger partial charge in [0.05, 0.1) is 5.57 Å². The summed E-state index contributed by atoms with van der Waals surface area (Å²) in [7, 11) is 3.61. The molecular formula is C14H24N2O2. The van der Waals surface area contributed by atoms with E-state index in [-0.39, 0.29) is 23.3 Å². The van der Waals surface area contributed by atoms with Gasteiger partial charge in [-0.2, -0.15) is 0 Å². The van der Waals surface area contributed by atoms with Gasteiger partial charge in [-0.05, 0) is 25.7 Å². The van der Waals surface area contributed by atoms with E-state index in [2.05, 4.69) is 12.2 Å². The molecule has 0 aromatic rings. The zero-order valence-corrected chi connectivity index (χ0v) is 11.8. The number of ketones is 1. The number of nitrogens with one attached hydrogen (secondary N) is 1. The van der Waals surface area contributed by atoms with Gasteiger partial charge in [-0.25, -0.2) is 0 Å². The van der Waals surface area contributed by atoms with Crippen LogP contribution in [-0.4, -0.2) is 36.7 Å². The summed E-state index contributed by atoms with van der Waals surface area (Å²) >= 11 is 0. The molecular weight excluding hydrogens is 228 g/mol. The minimum absolute atomic E-state index is 0.190. The summed E-state index contributed by atoms with van der Waals surface area (Å²) in [6.45, 7) is 3.59. The first-order valence-electron chi connectivity index (χ1n) is 6.62. The molecule has 0 aromatic carbocycles. The fraction of sp³-hybridized carbons (Fsp3) is 0.714. The molecule has 1 amide bonds. The Balaban J connectivity index is 2.70. The maximum atomic E-state index is 12.1. The minimum Gasteiger partial charge on any atom is -0.383 e. The molecule has 1 fully saturated rings. The molecule has 2 unspecified atom stereocenters. The van der Waals surface area contributed by atoms with Crippen molar-refractivity contribution in [3.63, 3.8) is 0 Å². The Bertz CT molecular complexity index is 348. The van der Waals surface area contributed by atoms with Gasteiger partial charge in [0.15, 0.2) is 5.78 Å². The molecule has 102 valence electrons. The Hall–Kier alpha value is -1.32. The van der Waals surface area contributed by atoms with Crippen LogP contribution in [0.5, 0.6) is 0 Å². The number of nitrogens with zero attached hydrogens (tertiary/aromatic N) is 1. The van der Waals surface area contributed by atoms with Crippen LogP contribution in [0.1, 0.15) is 39.5 Å². The van der Waals surface area contributed by atoms with Crippen LogP contribution < -0.4 is 5.32 Å². The summed E-state index contributed by atoms with van der Waals surface area (Å²) in [6.07, 6.45) is 6.14. The first-order chi connectivity index (χ1) is 8.41. The molecule has 0 bridgehead atoms. The van der Waals surface area contributed by atoms with Gasteiger partial charge in [0, 0.05) is 26.3 Å². The Kier molecular flexibility index (Phi) is 5.38. The van der Waals surface area contributed by atoms with Crippen molar-refractivity contribution in [2.75, 3.05) is 14.1 Å². The highest BCUT2D eigenvalue weighted by atomic mass is 16.2. The minimum atomic E-state index is -0.241. The average molecular weight is 252 g/mol. The molecule has 1 aliphatic rings. The zero-order chi connectivity index (χ0) is 13.7. The number of hydrogen-bond acceptors (Lipinski definition) is 3. The van der Waals surface area contributed by atoms with Crippen molar-refractivity contribution < 1.29 is 9.59 Å². The summed E-state index contributed by atoms with van der Waals surface area (Å²) < 4.78 is 0. The van der Waals surface area contributed by atoms with Crippen LogP contribution in [0, 0.1) is 5.92 Å². The van der Waals surface area contributed by atoms with Crippen LogP contribution in [0.15, 0.2) is 11.8 Å². The topological polar surface area (TPSA) is 49.4 Å². The van der Waals surface area contributed by atoms with Crippen LogP contribution in [0.25, 0.3) is 0 Å². The third-order valence-corrected chi connectivity index (χ3v) is 3.44. The summed E-state index contributed by atoms with van der Waals surface area (Å²) in [4.78, 5) is 25.3. The second kappa shape index (κ2) is 6.57. The molecule has 0 aliphatic heterocycles. The van der Waals surface area contributed by atoms with Crippen LogP contribution >= 0.6 is 0 Å². The zero-order valence-electron chi connectivity index (χ0n) is 11.8. The lowest BCUT2D eigenvalue weighted by Crippen LogP contribution is -2.42. The maximum Gasteiger partial charge on any atom is 0.256 e. The van der Waals surface area contributed by atoms with Gasteiger partial charge in [-0.15, -0.1) is 0 Å². The molecule has 1 rings (SSSR count). The average Bonchev–Trinajstić information content (AvgIpc) is 2.28. The second-order valence-corrected chi connectivity index (χ2v) is 5.40. The number of amides is 1. The fourth-order valence-electron chi connectivity index (χ4n) is 2.34. The Morgan fingerprint density at radius 1 is 1.22 bits per heavy atom. The summed E-state index contributed by atoms with van der Waals surface area (Å²) in [5.74, 6) is 0.0647. The van der Waals surface area contributed by atoms with Crippen molar-refractivity contribution >= 4 is 11.7 Å². The first kappa shape index (κ1) is 14.7. The summed E-state index contributed by atoms with van der Waals surface area (Å²) in [6, 6.07) is 0.205. The van der Waals surface area contributed by atoms with E-state index < -0.39 is 0 Å². The van der Waals surface area contributed by atoms with Crippen LogP contribution in [0.2, 0.25) is 0 Å². The number of carbonyl (C=O) groups excluding carboxylic acids is 2. The maximum absolute atomic E-state index is 12.1. The molecule has 1 saturated carbocycles. The summed E-state index contributed by atoms with van der Waals surface area (Å²) in [5, 5.41) is 3.00. The molecule has 4 heteroatoms. The van der Waals surface area contributed by atoms with Crippen molar-refractivity contribution in [3.8, 4) is 0 Å². The van der Waals surface area contributed by atoms with Crippen LogP contribution in [0.4, 0.5) is 0 Å². The Morgan fingerprint density at radius 2 is 1.83 bits per heavy atom. The first-order valence-corrected chi connectivity index (χ1v) is 6.62. The summed E-state index contributed by atoms with van der Waals surface area (Å²) in [5.41, 5.74) is 0.234. The third kappa shape index (κ3) is 4.17. The van der Waals surface area contributed by atoms with Gasteiger partial charge in [-0.1, -0.05) is 19.8 Å². The molecule has 0 spiro atoms. The van der Waals surface area contributed by atoms with E-state index in [1.54, 1.807) is 25.2 Å². The molecule has 4 nitrogen and oxygen atoms in total. The lowest BCUT2D eigenvalue weighted by molar-refractivity contribution is -0.122. The van der Waals surface area contributed by atoms with Crippen molar-refractivity contribution in [1.29, 1.82) is 0 Å². The van der Waals surface area contributed by atoms with Gasteiger partial charge in [0.25, 0.3) is 5.91 Å². The predicted molar refractivity (Wildman–Crippen MR) is 72.0 cm³/mol. The van der Waals surface area contributed by atoms with E-state index in [0.29, 0.717) is 5.92 Å². The van der Waals surface area contributed by atoms with Gasteiger partial charge in [0.2, 0.25) is 0 Å².